The Morgan fingerprint density at radius 3 is 0.771 bits per heavy atom. The van der Waals surface area contributed by atoms with Crippen LogP contribution in [0.5, 0.6) is 0 Å². The van der Waals surface area contributed by atoms with Gasteiger partial charge in [-0.3, -0.25) is 14.9 Å². The summed E-state index contributed by atoms with van der Waals surface area (Å²) in [5.41, 5.74) is -30.0. The number of carbonyl (C=O) groups excluding carboxylic acids is 1. The van der Waals surface area contributed by atoms with E-state index >= 15 is 0 Å². The standard InChI is InChI=1S/C32H12BF24.C20H16NO4S/c34-25(35,36)13-1-14(26(37,38)39)6-21(5-13)33(22-7-15(27(40,41)42)2-16(8-22)28(43,44)45,23-9-17(29(46,47)48)3-18(10-23)30(49,50)51)24-11-19(31(52,53)54)4-20(12-24)32(55,56)57;22-20(16-11-13-17(14-12-16)21(23)24)15-26(25,18-7-3-1-4-8-18)19-9-5-2-6-10-19/h1-12H;1-14H,15H2/q-1;+1. The number of carbonyl (C=O) groups is 1. The minimum absolute atomic E-state index is 0.0894. The normalized spacial score (nSPS) is 13.3. The molecular weight excluding hydrogens is 1200 g/mol. The van der Waals surface area contributed by atoms with Crippen molar-refractivity contribution in [1.29, 1.82) is 0 Å². The molecular formula is C52H28BF24NO4S. The minimum atomic E-state index is -6.13. The number of Topliss-reactive ketones (excluding diaryl/α,β-unsaturated/α-hetero) is 1. The van der Waals surface area contributed by atoms with Gasteiger partial charge in [0.1, 0.15) is 6.15 Å². The third-order valence-corrected chi connectivity index (χ3v) is 15.2. The van der Waals surface area contributed by atoms with Crippen molar-refractivity contribution in [3.8, 4) is 0 Å². The van der Waals surface area contributed by atoms with Crippen molar-refractivity contribution in [2.45, 2.75) is 59.2 Å². The molecule has 0 fully saturated rings. The maximum absolute atomic E-state index is 14.2. The van der Waals surface area contributed by atoms with Gasteiger partial charge in [0.2, 0.25) is 5.78 Å². The lowest BCUT2D eigenvalue weighted by atomic mass is 9.12. The molecule has 0 heterocycles. The first-order valence-corrected chi connectivity index (χ1v) is 24.2. The number of alkyl halides is 24. The molecule has 0 saturated heterocycles. The van der Waals surface area contributed by atoms with Crippen LogP contribution in [0.15, 0.2) is 168 Å². The van der Waals surface area contributed by atoms with E-state index in [4.69, 9.17) is 0 Å². The highest BCUT2D eigenvalue weighted by atomic mass is 32.2. The predicted octanol–water partition coefficient (Wildman–Crippen LogP) is 15.6. The van der Waals surface area contributed by atoms with Crippen LogP contribution in [-0.4, -0.2) is 22.6 Å². The predicted molar refractivity (Wildman–Crippen MR) is 250 cm³/mol. The van der Waals surface area contributed by atoms with Crippen LogP contribution in [0.1, 0.15) is 54.9 Å². The van der Waals surface area contributed by atoms with Crippen LogP contribution in [0.25, 0.3) is 0 Å². The van der Waals surface area contributed by atoms with Gasteiger partial charge in [0.15, 0.2) is 25.5 Å². The number of benzene rings is 7. The van der Waals surface area contributed by atoms with Gasteiger partial charge >= 0.3 is 49.4 Å². The Hall–Kier alpha value is -7.86. The molecule has 31 heteroatoms. The molecule has 0 saturated carbocycles. The molecule has 5 nitrogen and oxygen atoms in total. The van der Waals surface area contributed by atoms with Crippen LogP contribution in [-0.2, 0) is 63.6 Å². The van der Waals surface area contributed by atoms with E-state index in [1.54, 1.807) is 48.5 Å². The highest BCUT2D eigenvalue weighted by Gasteiger charge is 2.47. The topological polar surface area (TPSA) is 77.3 Å². The lowest BCUT2D eigenvalue weighted by Gasteiger charge is -2.46. The number of hydrogen-bond acceptors (Lipinski definition) is 4. The first-order chi connectivity index (χ1) is 37.8. The maximum Gasteiger partial charge on any atom is 0.416 e. The van der Waals surface area contributed by atoms with E-state index in [1.807, 2.05) is 12.1 Å². The number of non-ortho nitro benzene ring substituents is 1. The van der Waals surface area contributed by atoms with Gasteiger partial charge in [-0.1, -0.05) is 89.1 Å². The molecule has 0 bridgehead atoms. The summed E-state index contributed by atoms with van der Waals surface area (Å²) in [6.07, 6.45) is -54.8. The van der Waals surface area contributed by atoms with Crippen LogP contribution < -0.4 is 21.9 Å². The summed E-state index contributed by atoms with van der Waals surface area (Å²) in [7, 11) is -2.80. The summed E-state index contributed by atoms with van der Waals surface area (Å²) in [5, 5.41) is 10.8. The Kier molecular flexibility index (Phi) is 17.3. The fourth-order valence-corrected chi connectivity index (χ4v) is 11.0. The largest absolute Gasteiger partial charge is 0.416 e. The fraction of sp³-hybridized carbons (Fsp3) is 0.173. The van der Waals surface area contributed by atoms with Gasteiger partial charge in [-0.15, -0.1) is 0 Å². The van der Waals surface area contributed by atoms with Gasteiger partial charge in [0.05, 0.1) is 49.4 Å². The maximum atomic E-state index is 14.2. The molecule has 7 aromatic carbocycles. The number of hydrogen-bond donors (Lipinski definition) is 0. The number of ketones is 1. The zero-order valence-corrected chi connectivity index (χ0v) is 41.2. The second-order valence-corrected chi connectivity index (χ2v) is 20.5. The number of nitrogens with zero attached hydrogens (tertiary/aromatic N) is 1. The van der Waals surface area contributed by atoms with Crippen molar-refractivity contribution in [1.82, 2.24) is 0 Å². The zero-order chi connectivity index (χ0) is 62.5. The van der Waals surface area contributed by atoms with E-state index in [0.29, 0.717) is 15.4 Å². The quantitative estimate of drug-likeness (QED) is 0.0341. The Morgan fingerprint density at radius 2 is 0.578 bits per heavy atom. The third kappa shape index (κ3) is 14.5. The molecule has 0 aliphatic heterocycles. The van der Waals surface area contributed by atoms with E-state index in [9.17, 15) is 124 Å². The zero-order valence-electron chi connectivity index (χ0n) is 40.4. The molecule has 442 valence electrons. The molecule has 7 rings (SSSR count). The number of nitro benzene ring substituents is 1. The number of rotatable bonds is 10. The molecule has 0 unspecified atom stereocenters. The molecule has 0 N–H and O–H groups in total. The van der Waals surface area contributed by atoms with Crippen molar-refractivity contribution in [3.05, 3.63) is 218 Å². The second kappa shape index (κ2) is 22.4. The van der Waals surface area contributed by atoms with Crippen molar-refractivity contribution >= 4 is 49.4 Å². The van der Waals surface area contributed by atoms with Gasteiger partial charge in [-0.2, -0.15) is 127 Å². The molecule has 0 aliphatic carbocycles. The summed E-state index contributed by atoms with van der Waals surface area (Å²) in [6.45, 7) is 0. The highest BCUT2D eigenvalue weighted by molar-refractivity contribution is 8.03. The van der Waals surface area contributed by atoms with E-state index < -0.39 is 210 Å². The van der Waals surface area contributed by atoms with Crippen molar-refractivity contribution < 1.29 is 119 Å². The summed E-state index contributed by atoms with van der Waals surface area (Å²) in [4.78, 5) is 24.1. The number of halogens is 24. The molecule has 0 aromatic heterocycles. The monoisotopic (exact) mass is 1230 g/mol. The van der Waals surface area contributed by atoms with E-state index in [-0.39, 0.29) is 17.2 Å². The first kappa shape index (κ1) is 64.3. The van der Waals surface area contributed by atoms with Crippen molar-refractivity contribution in [2.24, 2.45) is 0 Å². The average Bonchev–Trinajstić information content (AvgIpc) is 1.09. The van der Waals surface area contributed by atoms with Gasteiger partial charge in [-0.05, 0) is 60.7 Å². The molecule has 0 radical (unpaired) electrons. The summed E-state index contributed by atoms with van der Waals surface area (Å²) in [6, 6.07) is 14.3. The second-order valence-electron chi connectivity index (χ2n) is 17.9. The Bertz CT molecular complexity index is 3090. The Morgan fingerprint density at radius 1 is 0.361 bits per heavy atom. The summed E-state index contributed by atoms with van der Waals surface area (Å²) >= 11 is 0. The van der Waals surface area contributed by atoms with Crippen molar-refractivity contribution in [3.63, 3.8) is 0 Å². The third-order valence-electron chi connectivity index (χ3n) is 12.4. The van der Waals surface area contributed by atoms with Gasteiger partial charge in [0.25, 0.3) is 5.69 Å². The highest BCUT2D eigenvalue weighted by Crippen LogP contribution is 2.42. The van der Waals surface area contributed by atoms with E-state index in [2.05, 4.69) is 0 Å². The molecule has 7 aromatic rings. The van der Waals surface area contributed by atoms with Crippen LogP contribution in [0.4, 0.5) is 111 Å². The molecule has 0 aliphatic rings. The first-order valence-electron chi connectivity index (χ1n) is 22.5. The van der Waals surface area contributed by atoms with Gasteiger partial charge < -0.3 is 0 Å². The molecule has 83 heavy (non-hydrogen) atoms. The summed E-state index contributed by atoms with van der Waals surface area (Å²) < 4.78 is 355. The van der Waals surface area contributed by atoms with Gasteiger partial charge in [-0.25, -0.2) is 0 Å². The Balaban J connectivity index is 0.000000352. The lowest BCUT2D eigenvalue weighted by Crippen LogP contribution is -2.75. The fourth-order valence-electron chi connectivity index (χ4n) is 8.69. The van der Waals surface area contributed by atoms with Gasteiger partial charge in [0, 0.05) is 17.7 Å². The molecule has 0 spiro atoms. The van der Waals surface area contributed by atoms with E-state index in [0.717, 1.165) is 0 Å². The minimum Gasteiger partial charge on any atom is -0.289 e. The molecule has 0 amide bonds. The SMILES string of the molecule is FC(F)(F)c1cc([B-](c2cc(C(F)(F)F)cc(C(F)(F)F)c2)(c2cc(C(F)(F)F)cc(C(F)(F)F)c2)c2cc(C(F)(F)F)cc(C(F)(F)F)c2)cc(C(F)(F)F)c1.O=C(C[S+](=O)(c1ccccc1)c1ccccc1)c1ccc([N+](=O)[O-])cc1. The van der Waals surface area contributed by atoms with Crippen molar-refractivity contribution in [2.75, 3.05) is 5.75 Å². The smallest absolute Gasteiger partial charge is 0.289 e. The average molecular weight is 1230 g/mol. The van der Waals surface area contributed by atoms with Crippen LogP contribution in [0, 0.1) is 10.1 Å². The van der Waals surface area contributed by atoms with Crippen LogP contribution in [0.2, 0.25) is 0 Å². The van der Waals surface area contributed by atoms with E-state index in [1.165, 1.54) is 24.3 Å². The Labute approximate surface area is 450 Å². The van der Waals surface area contributed by atoms with Crippen LogP contribution in [0.3, 0.4) is 0 Å². The number of nitro groups is 1. The summed E-state index contributed by atoms with van der Waals surface area (Å²) in [5.74, 6) is -0.517. The lowest BCUT2D eigenvalue weighted by molar-refractivity contribution is -0.384. The van der Waals surface area contributed by atoms with Crippen LogP contribution >= 0.6 is 0 Å². The molecule has 0 atom stereocenters.